The van der Waals surface area contributed by atoms with E-state index in [1.165, 1.54) is 19.3 Å². The molecule has 0 rings (SSSR count). The van der Waals surface area contributed by atoms with Crippen LogP contribution < -0.4 is 0 Å². The Morgan fingerprint density at radius 2 is 2.17 bits per heavy atom. The molecule has 0 aliphatic carbocycles. The van der Waals surface area contributed by atoms with E-state index in [-0.39, 0.29) is 6.10 Å². The molecule has 0 heterocycles. The van der Waals surface area contributed by atoms with Crippen LogP contribution in [0.1, 0.15) is 39.0 Å². The molecule has 2 heteroatoms. The number of rotatable bonds is 8. The number of hydrogen-bond acceptors (Lipinski definition) is 2. The van der Waals surface area contributed by atoms with Crippen molar-refractivity contribution in [2.45, 2.75) is 45.1 Å². The lowest BCUT2D eigenvalue weighted by Crippen LogP contribution is -2.07. The Hall–Kier alpha value is -0.790. The summed E-state index contributed by atoms with van der Waals surface area (Å²) >= 11 is 0. The third-order valence-corrected chi connectivity index (χ3v) is 1.84. The lowest BCUT2D eigenvalue weighted by Gasteiger charge is -2.09. The van der Waals surface area contributed by atoms with Crippen LogP contribution in [0.3, 0.4) is 0 Å². The van der Waals surface area contributed by atoms with Gasteiger partial charge in [0.15, 0.2) is 0 Å². The van der Waals surface area contributed by atoms with Crippen LogP contribution >= 0.6 is 0 Å². The van der Waals surface area contributed by atoms with Gasteiger partial charge in [-0.25, -0.2) is 0 Å². The number of ether oxygens (including phenoxy) is 1. The average Bonchev–Trinajstić information content (AvgIpc) is 2.10. The van der Waals surface area contributed by atoms with Crippen molar-refractivity contribution in [2.75, 3.05) is 0 Å². The number of carbonyl (C=O) groups excluding carboxylic acids is 1. The zero-order chi connectivity index (χ0) is 9.23. The van der Waals surface area contributed by atoms with Crippen LogP contribution in [0.2, 0.25) is 0 Å². The van der Waals surface area contributed by atoms with Gasteiger partial charge in [0.1, 0.15) is 6.10 Å². The third kappa shape index (κ3) is 5.96. The summed E-state index contributed by atoms with van der Waals surface area (Å²) in [5.41, 5.74) is 0. The van der Waals surface area contributed by atoms with Crippen molar-refractivity contribution in [1.82, 2.24) is 0 Å². The van der Waals surface area contributed by atoms with Gasteiger partial charge in [-0.3, -0.25) is 4.79 Å². The molecule has 0 saturated carbocycles. The summed E-state index contributed by atoms with van der Waals surface area (Å²) in [7, 11) is 0. The zero-order valence-electron chi connectivity index (χ0n) is 7.79. The van der Waals surface area contributed by atoms with E-state index in [2.05, 4.69) is 13.5 Å². The fourth-order valence-electron chi connectivity index (χ4n) is 1.09. The Kier molecular flexibility index (Phi) is 7.76. The van der Waals surface area contributed by atoms with Crippen LogP contribution in [0.25, 0.3) is 0 Å². The van der Waals surface area contributed by atoms with Gasteiger partial charge in [-0.2, -0.15) is 0 Å². The molecule has 0 aliphatic heterocycles. The largest absolute Gasteiger partial charge is 0.460 e. The molecule has 12 heavy (non-hydrogen) atoms. The van der Waals surface area contributed by atoms with E-state index in [1.807, 2.05) is 0 Å². The molecule has 0 amide bonds. The highest BCUT2D eigenvalue weighted by Gasteiger charge is 2.02. The SMILES string of the molecule is C=CC(CCCCCC)OC=O. The summed E-state index contributed by atoms with van der Waals surface area (Å²) in [5.74, 6) is 0. The van der Waals surface area contributed by atoms with Crippen molar-refractivity contribution in [3.8, 4) is 0 Å². The Morgan fingerprint density at radius 1 is 1.42 bits per heavy atom. The van der Waals surface area contributed by atoms with Gasteiger partial charge in [0.2, 0.25) is 0 Å². The maximum Gasteiger partial charge on any atom is 0.293 e. The van der Waals surface area contributed by atoms with E-state index < -0.39 is 0 Å². The van der Waals surface area contributed by atoms with Gasteiger partial charge in [-0.05, 0) is 12.8 Å². The molecule has 0 radical (unpaired) electrons. The maximum atomic E-state index is 9.99. The molecule has 0 spiro atoms. The van der Waals surface area contributed by atoms with Crippen molar-refractivity contribution < 1.29 is 9.53 Å². The number of unbranched alkanes of at least 4 members (excludes halogenated alkanes) is 3. The molecule has 0 aromatic rings. The summed E-state index contributed by atoms with van der Waals surface area (Å²) < 4.78 is 4.77. The first-order chi connectivity index (χ1) is 5.85. The van der Waals surface area contributed by atoms with E-state index in [0.717, 1.165) is 12.8 Å². The molecule has 2 nitrogen and oxygen atoms in total. The standard InChI is InChI=1S/C10H18O2/c1-3-5-6-7-8-10(4-2)12-9-11/h4,9-10H,2-3,5-8H2,1H3. The summed E-state index contributed by atoms with van der Waals surface area (Å²) in [5, 5.41) is 0. The average molecular weight is 170 g/mol. The van der Waals surface area contributed by atoms with Gasteiger partial charge in [0.25, 0.3) is 6.47 Å². The summed E-state index contributed by atoms with van der Waals surface area (Å²) in [4.78, 5) is 9.99. The quantitative estimate of drug-likeness (QED) is 0.318. The second kappa shape index (κ2) is 8.31. The van der Waals surface area contributed by atoms with Crippen LogP contribution in [-0.2, 0) is 9.53 Å². The Morgan fingerprint density at radius 3 is 2.67 bits per heavy atom. The Bertz CT molecular complexity index is 121. The minimum atomic E-state index is -0.0839. The van der Waals surface area contributed by atoms with Gasteiger partial charge in [0, 0.05) is 0 Å². The van der Waals surface area contributed by atoms with E-state index in [4.69, 9.17) is 4.74 Å². The van der Waals surface area contributed by atoms with E-state index >= 15 is 0 Å². The zero-order valence-corrected chi connectivity index (χ0v) is 7.79. The predicted molar refractivity (Wildman–Crippen MR) is 49.9 cm³/mol. The van der Waals surface area contributed by atoms with Crippen LogP contribution in [0.4, 0.5) is 0 Å². The summed E-state index contributed by atoms with van der Waals surface area (Å²) in [6.07, 6.45) is 7.31. The predicted octanol–water partition coefficient (Wildman–Crippen LogP) is 2.68. The molecular formula is C10H18O2. The van der Waals surface area contributed by atoms with Crippen molar-refractivity contribution in [3.63, 3.8) is 0 Å². The van der Waals surface area contributed by atoms with E-state index in [0.29, 0.717) is 6.47 Å². The third-order valence-electron chi connectivity index (χ3n) is 1.84. The van der Waals surface area contributed by atoms with Crippen molar-refractivity contribution >= 4 is 6.47 Å². The molecule has 1 atom stereocenters. The molecule has 0 bridgehead atoms. The molecule has 0 saturated heterocycles. The van der Waals surface area contributed by atoms with Gasteiger partial charge in [-0.1, -0.05) is 38.8 Å². The first-order valence-electron chi connectivity index (χ1n) is 4.56. The van der Waals surface area contributed by atoms with Crippen LogP contribution in [0, 0.1) is 0 Å². The van der Waals surface area contributed by atoms with Crippen LogP contribution in [0.5, 0.6) is 0 Å². The second-order valence-electron chi connectivity index (χ2n) is 2.86. The second-order valence-corrected chi connectivity index (χ2v) is 2.86. The Balaban J connectivity index is 3.31. The topological polar surface area (TPSA) is 26.3 Å². The fourth-order valence-corrected chi connectivity index (χ4v) is 1.09. The smallest absolute Gasteiger partial charge is 0.293 e. The van der Waals surface area contributed by atoms with Crippen molar-refractivity contribution in [2.24, 2.45) is 0 Å². The molecular weight excluding hydrogens is 152 g/mol. The normalized spacial score (nSPS) is 12.1. The highest BCUT2D eigenvalue weighted by Crippen LogP contribution is 2.07. The van der Waals surface area contributed by atoms with Crippen molar-refractivity contribution in [1.29, 1.82) is 0 Å². The molecule has 1 unspecified atom stereocenters. The highest BCUT2D eigenvalue weighted by atomic mass is 16.5. The molecule has 0 N–H and O–H groups in total. The highest BCUT2D eigenvalue weighted by molar-refractivity contribution is 5.37. The molecule has 70 valence electrons. The minimum absolute atomic E-state index is 0.0839. The molecule has 0 aromatic carbocycles. The van der Waals surface area contributed by atoms with E-state index in [1.54, 1.807) is 6.08 Å². The Labute approximate surface area is 74.6 Å². The monoisotopic (exact) mass is 170 g/mol. The van der Waals surface area contributed by atoms with Gasteiger partial charge in [-0.15, -0.1) is 0 Å². The molecule has 0 aromatic heterocycles. The van der Waals surface area contributed by atoms with Crippen LogP contribution in [-0.4, -0.2) is 12.6 Å². The minimum Gasteiger partial charge on any atom is -0.460 e. The number of hydrogen-bond donors (Lipinski definition) is 0. The molecule has 0 fully saturated rings. The van der Waals surface area contributed by atoms with Gasteiger partial charge in [0.05, 0.1) is 0 Å². The van der Waals surface area contributed by atoms with Gasteiger partial charge >= 0.3 is 0 Å². The van der Waals surface area contributed by atoms with Gasteiger partial charge < -0.3 is 4.74 Å². The van der Waals surface area contributed by atoms with Crippen LogP contribution in [0.15, 0.2) is 12.7 Å². The number of carbonyl (C=O) groups is 1. The van der Waals surface area contributed by atoms with E-state index in [9.17, 15) is 4.79 Å². The fraction of sp³-hybridized carbons (Fsp3) is 0.700. The molecule has 0 aliphatic rings. The summed E-state index contributed by atoms with van der Waals surface area (Å²) in [6.45, 7) is 6.26. The first-order valence-corrected chi connectivity index (χ1v) is 4.56. The first kappa shape index (κ1) is 11.2. The lowest BCUT2D eigenvalue weighted by molar-refractivity contribution is -0.131. The lowest BCUT2D eigenvalue weighted by atomic mass is 10.1. The summed E-state index contributed by atoms with van der Waals surface area (Å²) in [6, 6.07) is 0. The van der Waals surface area contributed by atoms with Crippen molar-refractivity contribution in [3.05, 3.63) is 12.7 Å². The maximum absolute atomic E-state index is 9.99.